The fraction of sp³-hybridized carbons (Fsp3) is 0.333. The van der Waals surface area contributed by atoms with Crippen LogP contribution in [-0.4, -0.2) is 11.7 Å². The van der Waals surface area contributed by atoms with E-state index in [1.54, 1.807) is 0 Å². The monoisotopic (exact) mass is 285 g/mol. The van der Waals surface area contributed by atoms with Gasteiger partial charge in [-0.2, -0.15) is 0 Å². The topological polar surface area (TPSA) is 41.5 Å². The maximum atomic E-state index is 9.17. The van der Waals surface area contributed by atoms with E-state index in [1.165, 1.54) is 5.56 Å². The molecule has 2 aromatic carbocycles. The van der Waals surface area contributed by atoms with Crippen molar-refractivity contribution in [1.82, 2.24) is 5.32 Å². The first-order valence-corrected chi connectivity index (χ1v) is 7.47. The van der Waals surface area contributed by atoms with E-state index in [9.17, 15) is 5.11 Å². The summed E-state index contributed by atoms with van der Waals surface area (Å²) in [4.78, 5) is 0. The second-order valence-corrected chi connectivity index (χ2v) is 5.00. The normalized spacial score (nSPS) is 12.1. The Labute approximate surface area is 126 Å². The third-order valence-corrected chi connectivity index (χ3v) is 3.44. The quantitative estimate of drug-likeness (QED) is 0.807. The molecule has 0 bridgehead atoms. The SMILES string of the molecule is CCNC(CC)c1cccc(Oc2cccc(CO)c2)c1. The number of benzene rings is 2. The Balaban J connectivity index is 2.16. The van der Waals surface area contributed by atoms with Crippen molar-refractivity contribution in [3.63, 3.8) is 0 Å². The number of hydrogen-bond acceptors (Lipinski definition) is 3. The molecule has 2 N–H and O–H groups in total. The van der Waals surface area contributed by atoms with Crippen molar-refractivity contribution in [2.24, 2.45) is 0 Å². The first kappa shape index (κ1) is 15.5. The van der Waals surface area contributed by atoms with Crippen LogP contribution in [0.4, 0.5) is 0 Å². The van der Waals surface area contributed by atoms with Gasteiger partial charge in [0, 0.05) is 6.04 Å². The van der Waals surface area contributed by atoms with E-state index in [-0.39, 0.29) is 6.61 Å². The molecule has 21 heavy (non-hydrogen) atoms. The summed E-state index contributed by atoms with van der Waals surface area (Å²) in [5.74, 6) is 1.56. The lowest BCUT2D eigenvalue weighted by atomic mass is 10.0. The number of aliphatic hydroxyl groups excluding tert-OH is 1. The van der Waals surface area contributed by atoms with Crippen LogP contribution in [0, 0.1) is 0 Å². The molecule has 1 unspecified atom stereocenters. The van der Waals surface area contributed by atoms with E-state index in [2.05, 4.69) is 31.3 Å². The van der Waals surface area contributed by atoms with Crippen LogP contribution in [0.15, 0.2) is 48.5 Å². The van der Waals surface area contributed by atoms with Crippen LogP contribution in [0.25, 0.3) is 0 Å². The zero-order valence-corrected chi connectivity index (χ0v) is 12.7. The number of nitrogens with one attached hydrogen (secondary N) is 1. The number of hydrogen-bond donors (Lipinski definition) is 2. The molecule has 2 aromatic rings. The Hall–Kier alpha value is -1.84. The van der Waals surface area contributed by atoms with Crippen LogP contribution in [0.2, 0.25) is 0 Å². The van der Waals surface area contributed by atoms with Crippen LogP contribution >= 0.6 is 0 Å². The van der Waals surface area contributed by atoms with Gasteiger partial charge in [-0.15, -0.1) is 0 Å². The molecule has 0 heterocycles. The smallest absolute Gasteiger partial charge is 0.127 e. The minimum Gasteiger partial charge on any atom is -0.457 e. The highest BCUT2D eigenvalue weighted by Gasteiger charge is 2.08. The van der Waals surface area contributed by atoms with Crippen molar-refractivity contribution < 1.29 is 9.84 Å². The highest BCUT2D eigenvalue weighted by atomic mass is 16.5. The summed E-state index contributed by atoms with van der Waals surface area (Å²) in [7, 11) is 0. The van der Waals surface area contributed by atoms with E-state index in [1.807, 2.05) is 36.4 Å². The lowest BCUT2D eigenvalue weighted by molar-refractivity contribution is 0.281. The Morgan fingerprint density at radius 1 is 1.05 bits per heavy atom. The maximum absolute atomic E-state index is 9.17. The van der Waals surface area contributed by atoms with Gasteiger partial charge >= 0.3 is 0 Å². The van der Waals surface area contributed by atoms with Crippen molar-refractivity contribution in [3.05, 3.63) is 59.7 Å². The van der Waals surface area contributed by atoms with Crippen LogP contribution in [0.1, 0.15) is 37.4 Å². The molecule has 0 spiro atoms. The minimum atomic E-state index is 0.0234. The van der Waals surface area contributed by atoms with E-state index < -0.39 is 0 Å². The Bertz CT molecular complexity index is 569. The average molecular weight is 285 g/mol. The minimum absolute atomic E-state index is 0.0234. The van der Waals surface area contributed by atoms with Crippen LogP contribution in [0.5, 0.6) is 11.5 Å². The standard InChI is InChI=1S/C18H23NO2/c1-3-18(19-4-2)15-8-6-10-17(12-15)21-16-9-5-7-14(11-16)13-20/h5-12,18-20H,3-4,13H2,1-2H3. The number of ether oxygens (including phenoxy) is 1. The molecular weight excluding hydrogens is 262 g/mol. The fourth-order valence-corrected chi connectivity index (χ4v) is 2.38. The molecule has 0 fully saturated rings. The highest BCUT2D eigenvalue weighted by molar-refractivity contribution is 5.36. The van der Waals surface area contributed by atoms with Gasteiger partial charge in [-0.3, -0.25) is 0 Å². The fourth-order valence-electron chi connectivity index (χ4n) is 2.38. The largest absolute Gasteiger partial charge is 0.457 e. The lowest BCUT2D eigenvalue weighted by Gasteiger charge is -2.17. The molecule has 112 valence electrons. The van der Waals surface area contributed by atoms with Crippen molar-refractivity contribution in [1.29, 1.82) is 0 Å². The third kappa shape index (κ3) is 4.31. The van der Waals surface area contributed by atoms with Gasteiger partial charge in [0.2, 0.25) is 0 Å². The van der Waals surface area contributed by atoms with E-state index in [0.717, 1.165) is 30.0 Å². The Morgan fingerprint density at radius 3 is 2.43 bits per heavy atom. The summed E-state index contributed by atoms with van der Waals surface area (Å²) >= 11 is 0. The molecule has 0 saturated heterocycles. The van der Waals surface area contributed by atoms with Gasteiger partial charge in [-0.1, -0.05) is 38.1 Å². The molecule has 0 aromatic heterocycles. The Morgan fingerprint density at radius 2 is 1.76 bits per heavy atom. The van der Waals surface area contributed by atoms with Gasteiger partial charge in [0.1, 0.15) is 11.5 Å². The third-order valence-electron chi connectivity index (χ3n) is 3.44. The predicted molar refractivity (Wildman–Crippen MR) is 85.6 cm³/mol. The van der Waals surface area contributed by atoms with Gasteiger partial charge in [-0.25, -0.2) is 0 Å². The number of aliphatic hydroxyl groups is 1. The summed E-state index contributed by atoms with van der Waals surface area (Å²) in [5, 5.41) is 12.6. The van der Waals surface area contributed by atoms with Crippen molar-refractivity contribution in [2.45, 2.75) is 32.9 Å². The molecule has 0 aliphatic carbocycles. The number of rotatable bonds is 7. The summed E-state index contributed by atoms with van der Waals surface area (Å²) in [6.07, 6.45) is 1.04. The van der Waals surface area contributed by atoms with Crippen LogP contribution in [-0.2, 0) is 6.61 Å². The molecule has 0 saturated carbocycles. The predicted octanol–water partition coefficient (Wildman–Crippen LogP) is 4.03. The van der Waals surface area contributed by atoms with Crippen molar-refractivity contribution in [2.75, 3.05) is 6.54 Å². The molecule has 0 aliphatic rings. The van der Waals surface area contributed by atoms with Crippen LogP contribution in [0.3, 0.4) is 0 Å². The lowest BCUT2D eigenvalue weighted by Crippen LogP contribution is -2.19. The molecule has 0 radical (unpaired) electrons. The molecule has 1 atom stereocenters. The highest BCUT2D eigenvalue weighted by Crippen LogP contribution is 2.26. The first-order valence-electron chi connectivity index (χ1n) is 7.47. The van der Waals surface area contributed by atoms with Crippen molar-refractivity contribution >= 4 is 0 Å². The second-order valence-electron chi connectivity index (χ2n) is 5.00. The van der Waals surface area contributed by atoms with Gasteiger partial charge in [0.15, 0.2) is 0 Å². The van der Waals surface area contributed by atoms with E-state index in [4.69, 9.17) is 4.74 Å². The molecular formula is C18H23NO2. The van der Waals surface area contributed by atoms with E-state index >= 15 is 0 Å². The molecule has 2 rings (SSSR count). The van der Waals surface area contributed by atoms with Gasteiger partial charge in [-0.05, 0) is 48.4 Å². The Kier molecular flexibility index (Phi) is 5.78. The van der Waals surface area contributed by atoms with Gasteiger partial charge < -0.3 is 15.2 Å². The summed E-state index contributed by atoms with van der Waals surface area (Å²) in [6.45, 7) is 5.26. The summed E-state index contributed by atoms with van der Waals surface area (Å²) in [6, 6.07) is 16.0. The summed E-state index contributed by atoms with van der Waals surface area (Å²) < 4.78 is 5.90. The van der Waals surface area contributed by atoms with Crippen LogP contribution < -0.4 is 10.1 Å². The molecule has 0 amide bonds. The summed E-state index contributed by atoms with van der Waals surface area (Å²) in [5.41, 5.74) is 2.08. The van der Waals surface area contributed by atoms with Crippen molar-refractivity contribution in [3.8, 4) is 11.5 Å². The van der Waals surface area contributed by atoms with E-state index in [0.29, 0.717) is 6.04 Å². The van der Waals surface area contributed by atoms with Gasteiger partial charge in [0.05, 0.1) is 6.61 Å². The maximum Gasteiger partial charge on any atom is 0.127 e. The van der Waals surface area contributed by atoms with Gasteiger partial charge in [0.25, 0.3) is 0 Å². The molecule has 0 aliphatic heterocycles. The molecule has 3 nitrogen and oxygen atoms in total. The zero-order chi connectivity index (χ0) is 15.1. The first-order chi connectivity index (χ1) is 10.3. The zero-order valence-electron chi connectivity index (χ0n) is 12.7. The average Bonchev–Trinajstić information content (AvgIpc) is 2.53. The second kappa shape index (κ2) is 7.81. The molecule has 3 heteroatoms.